The number of hydrogen-bond acceptors (Lipinski definition) is 6. The first-order valence-electron chi connectivity index (χ1n) is 16.5. The summed E-state index contributed by atoms with van der Waals surface area (Å²) in [6.45, 7) is 8.31. The summed E-state index contributed by atoms with van der Waals surface area (Å²) in [4.78, 5) is 40.5. The first kappa shape index (κ1) is 38.2. The van der Waals surface area contributed by atoms with Crippen LogP contribution in [0.25, 0.3) is 0 Å². The van der Waals surface area contributed by atoms with E-state index in [9.17, 15) is 19.6 Å². The molecule has 6 nitrogen and oxygen atoms in total. The Morgan fingerprint density at radius 3 is 1.35 bits per heavy atom. The van der Waals surface area contributed by atoms with E-state index in [2.05, 4.69) is 26.0 Å². The molecule has 0 radical (unpaired) electrons. The fourth-order valence-electron chi connectivity index (χ4n) is 6.25. The molecule has 8 heteroatoms. The fourth-order valence-corrected chi connectivity index (χ4v) is 7.37. The second kappa shape index (κ2) is 21.0. The summed E-state index contributed by atoms with van der Waals surface area (Å²) in [5, 5.41) is 0. The van der Waals surface area contributed by atoms with Crippen molar-refractivity contribution in [1.29, 1.82) is 0 Å². The molecule has 0 fully saturated rings. The van der Waals surface area contributed by atoms with Crippen LogP contribution in [0.2, 0.25) is 0 Å². The lowest BCUT2D eigenvalue weighted by atomic mass is 9.65. The Kier molecular flexibility index (Phi) is 18.6. The quantitative estimate of drug-likeness (QED) is 0.0676. The summed E-state index contributed by atoms with van der Waals surface area (Å²) >= 11 is 0. The lowest BCUT2D eigenvalue weighted by Gasteiger charge is -2.48. The van der Waals surface area contributed by atoms with Crippen molar-refractivity contribution in [2.75, 3.05) is 6.61 Å². The molecule has 0 saturated heterocycles. The highest BCUT2D eigenvalue weighted by molar-refractivity contribution is 7.39. The van der Waals surface area contributed by atoms with E-state index in [4.69, 9.17) is 9.05 Å². The minimum Gasteiger partial charge on any atom is -0.328 e. The average molecular weight is 637 g/mol. The van der Waals surface area contributed by atoms with Crippen molar-refractivity contribution in [3.8, 4) is 0 Å². The van der Waals surface area contributed by atoms with Gasteiger partial charge < -0.3 is 24.1 Å². The molecule has 2 aromatic rings. The largest absolute Gasteiger partial charge is 0.328 e. The van der Waals surface area contributed by atoms with Crippen LogP contribution < -0.4 is 0 Å². The van der Waals surface area contributed by atoms with Crippen molar-refractivity contribution in [3.05, 3.63) is 70.8 Å². The summed E-state index contributed by atoms with van der Waals surface area (Å²) in [6.07, 6.45) is 18.5. The summed E-state index contributed by atoms with van der Waals surface area (Å²) in [7, 11) is -5.37. The molecular weight excluding hydrogens is 578 g/mol. The maximum absolute atomic E-state index is 10.5. The molecule has 0 atom stereocenters. The normalized spacial score (nSPS) is 12.5. The Hall–Kier alpha value is -0.940. The minimum atomic E-state index is -2.78. The van der Waals surface area contributed by atoms with Gasteiger partial charge in [0.05, 0.1) is 6.61 Å². The van der Waals surface area contributed by atoms with Gasteiger partial charge in [0, 0.05) is 5.41 Å². The van der Waals surface area contributed by atoms with Crippen LogP contribution in [0.5, 0.6) is 0 Å². The smallest absolute Gasteiger partial charge is 0.328 e. The molecule has 0 saturated carbocycles. The van der Waals surface area contributed by atoms with Crippen LogP contribution in [0.4, 0.5) is 0 Å². The summed E-state index contributed by atoms with van der Waals surface area (Å²) in [5.74, 6) is 0. The Morgan fingerprint density at radius 2 is 0.953 bits per heavy atom. The standard InChI is InChI=1S/C35H58O6P2/c1-5-7-9-11-13-15-17-23-30-25-19-21-27-32(30)35(41-43(38)39,34(3,4)29-40-42(36)37)33-28-22-20-26-31(33)24-18-16-14-12-10-8-6-2/h19-22,25-28,36-39H,5-18,23-24,29H2,1-4H3. The van der Waals surface area contributed by atoms with Crippen LogP contribution in [0, 0.1) is 5.41 Å². The van der Waals surface area contributed by atoms with Gasteiger partial charge in [-0.05, 0) is 47.9 Å². The maximum Gasteiger partial charge on any atom is 0.328 e. The van der Waals surface area contributed by atoms with Crippen LogP contribution in [0.15, 0.2) is 48.5 Å². The van der Waals surface area contributed by atoms with Gasteiger partial charge in [-0.2, -0.15) is 0 Å². The predicted molar refractivity (Wildman–Crippen MR) is 181 cm³/mol. The van der Waals surface area contributed by atoms with Crippen molar-refractivity contribution in [2.45, 2.75) is 136 Å². The monoisotopic (exact) mass is 636 g/mol. The zero-order valence-electron chi connectivity index (χ0n) is 27.1. The Labute approximate surface area is 264 Å². The van der Waals surface area contributed by atoms with Crippen LogP contribution in [-0.2, 0) is 27.5 Å². The van der Waals surface area contributed by atoms with E-state index in [-0.39, 0.29) is 6.61 Å². The first-order chi connectivity index (χ1) is 20.7. The van der Waals surface area contributed by atoms with Gasteiger partial charge in [-0.15, -0.1) is 0 Å². The van der Waals surface area contributed by atoms with Crippen LogP contribution >= 0.6 is 17.2 Å². The van der Waals surface area contributed by atoms with Crippen molar-refractivity contribution in [3.63, 3.8) is 0 Å². The SMILES string of the molecule is CCCCCCCCCc1ccccc1C(OP(O)O)(c1ccccc1CCCCCCCCC)C(C)(C)COP(O)O. The molecule has 0 amide bonds. The van der Waals surface area contributed by atoms with Crippen LogP contribution in [0.1, 0.15) is 140 Å². The molecule has 0 bridgehead atoms. The van der Waals surface area contributed by atoms with E-state index >= 15 is 0 Å². The summed E-state index contributed by atoms with van der Waals surface area (Å²) in [5.41, 5.74) is 1.74. The Morgan fingerprint density at radius 1 is 0.558 bits per heavy atom. The number of hydrogen-bond donors (Lipinski definition) is 4. The molecule has 0 aliphatic heterocycles. The highest BCUT2D eigenvalue weighted by Crippen LogP contribution is 2.56. The van der Waals surface area contributed by atoms with Gasteiger partial charge in [-0.1, -0.05) is 153 Å². The zero-order valence-corrected chi connectivity index (χ0v) is 28.9. The maximum atomic E-state index is 10.5. The number of unbranched alkanes of at least 4 members (excludes halogenated alkanes) is 12. The van der Waals surface area contributed by atoms with E-state index in [1.54, 1.807) is 0 Å². The third-order valence-electron chi connectivity index (χ3n) is 8.61. The fraction of sp³-hybridized carbons (Fsp3) is 0.657. The third-order valence-corrected chi connectivity index (χ3v) is 9.40. The van der Waals surface area contributed by atoms with Gasteiger partial charge in [-0.25, -0.2) is 0 Å². The van der Waals surface area contributed by atoms with E-state index in [0.717, 1.165) is 60.8 Å². The molecule has 0 heterocycles. The van der Waals surface area contributed by atoms with Gasteiger partial charge in [0.15, 0.2) is 0 Å². The third kappa shape index (κ3) is 12.4. The highest BCUT2D eigenvalue weighted by atomic mass is 31.2. The number of benzene rings is 2. The minimum absolute atomic E-state index is 0.0492. The van der Waals surface area contributed by atoms with Crippen molar-refractivity contribution >= 4 is 17.2 Å². The average Bonchev–Trinajstić information content (AvgIpc) is 2.98. The molecule has 2 aromatic carbocycles. The zero-order chi connectivity index (χ0) is 31.6. The van der Waals surface area contributed by atoms with E-state index in [1.165, 1.54) is 64.2 Å². The molecule has 244 valence electrons. The molecule has 0 aliphatic carbocycles. The van der Waals surface area contributed by atoms with Crippen molar-refractivity contribution in [2.24, 2.45) is 5.41 Å². The molecule has 0 spiro atoms. The Balaban J connectivity index is 2.52. The van der Waals surface area contributed by atoms with E-state index in [0.29, 0.717) is 0 Å². The van der Waals surface area contributed by atoms with Gasteiger partial charge in [0.25, 0.3) is 0 Å². The molecule has 0 unspecified atom stereocenters. The molecule has 0 aliphatic rings. The van der Waals surface area contributed by atoms with Gasteiger partial charge in [0.1, 0.15) is 5.60 Å². The highest BCUT2D eigenvalue weighted by Gasteiger charge is 2.53. The second-order valence-electron chi connectivity index (χ2n) is 12.5. The Bertz CT molecular complexity index is 952. The number of rotatable bonds is 24. The first-order valence-corrected chi connectivity index (χ1v) is 18.9. The topological polar surface area (TPSA) is 99.4 Å². The van der Waals surface area contributed by atoms with E-state index in [1.807, 2.05) is 50.2 Å². The van der Waals surface area contributed by atoms with Crippen molar-refractivity contribution in [1.82, 2.24) is 0 Å². The second-order valence-corrected chi connectivity index (χ2v) is 13.9. The lowest BCUT2D eigenvalue weighted by molar-refractivity contribution is -0.0476. The van der Waals surface area contributed by atoms with Gasteiger partial charge in [0.2, 0.25) is 0 Å². The lowest BCUT2D eigenvalue weighted by Crippen LogP contribution is -2.48. The van der Waals surface area contributed by atoms with Gasteiger partial charge in [-0.3, -0.25) is 4.52 Å². The predicted octanol–water partition coefficient (Wildman–Crippen LogP) is 10.00. The van der Waals surface area contributed by atoms with Crippen LogP contribution in [-0.4, -0.2) is 26.2 Å². The molecule has 43 heavy (non-hydrogen) atoms. The molecule has 2 rings (SSSR count). The molecule has 4 N–H and O–H groups in total. The van der Waals surface area contributed by atoms with Gasteiger partial charge >= 0.3 is 17.2 Å². The summed E-state index contributed by atoms with van der Waals surface area (Å²) in [6, 6.07) is 16.3. The number of aryl methyl sites for hydroxylation is 2. The molecular formula is C35H58O6P2. The summed E-state index contributed by atoms with van der Waals surface area (Å²) < 4.78 is 11.8. The van der Waals surface area contributed by atoms with E-state index < -0.39 is 28.2 Å². The van der Waals surface area contributed by atoms with Crippen molar-refractivity contribution < 1.29 is 28.6 Å². The van der Waals surface area contributed by atoms with Crippen LogP contribution in [0.3, 0.4) is 0 Å². The molecule has 0 aromatic heterocycles.